The van der Waals surface area contributed by atoms with Crippen molar-refractivity contribution in [1.82, 2.24) is 4.90 Å². The first-order chi connectivity index (χ1) is 9.37. The Kier molecular flexibility index (Phi) is 4.55. The smallest absolute Gasteiger partial charge is 0.321 e. The average Bonchev–Trinajstić information content (AvgIpc) is 2.38. The van der Waals surface area contributed by atoms with E-state index < -0.39 is 9.84 Å². The van der Waals surface area contributed by atoms with Gasteiger partial charge in [-0.3, -0.25) is 0 Å². The summed E-state index contributed by atoms with van der Waals surface area (Å²) in [6, 6.07) is 6.61. The predicted molar refractivity (Wildman–Crippen MR) is 79.9 cm³/mol. The van der Waals surface area contributed by atoms with Gasteiger partial charge in [0.15, 0.2) is 0 Å². The molecule has 0 saturated carbocycles. The zero-order valence-electron chi connectivity index (χ0n) is 11.2. The van der Waals surface area contributed by atoms with Crippen molar-refractivity contribution in [2.45, 2.75) is 18.9 Å². The highest BCUT2D eigenvalue weighted by molar-refractivity contribution is 7.91. The van der Waals surface area contributed by atoms with Crippen LogP contribution in [0, 0.1) is 0 Å². The van der Waals surface area contributed by atoms with Gasteiger partial charge in [0.25, 0.3) is 0 Å². The number of rotatable bonds is 2. The normalized spacial score (nSPS) is 18.5. The van der Waals surface area contributed by atoms with Gasteiger partial charge in [0, 0.05) is 23.8 Å². The van der Waals surface area contributed by atoms with E-state index in [2.05, 4.69) is 5.32 Å². The minimum Gasteiger partial charge on any atom is -0.325 e. The first-order valence-electron chi connectivity index (χ1n) is 6.37. The van der Waals surface area contributed by atoms with Crippen molar-refractivity contribution < 1.29 is 13.2 Å². The highest BCUT2D eigenvalue weighted by Crippen LogP contribution is 2.19. The summed E-state index contributed by atoms with van der Waals surface area (Å²) in [6.45, 7) is 0. The lowest BCUT2D eigenvalue weighted by atomic mass is 10.1. The summed E-state index contributed by atoms with van der Waals surface area (Å²) >= 11 is 5.86. The fraction of sp³-hybridized carbons (Fsp3) is 0.462. The number of anilines is 1. The van der Waals surface area contributed by atoms with Crippen LogP contribution in [0.5, 0.6) is 0 Å². The molecule has 1 saturated heterocycles. The molecule has 0 radical (unpaired) electrons. The van der Waals surface area contributed by atoms with Gasteiger partial charge < -0.3 is 10.2 Å². The Labute approximate surface area is 123 Å². The standard InChI is InChI=1S/C13H17ClN2O3S/c1-16(12-5-7-20(18,19)8-6-12)13(17)15-11-4-2-3-10(14)9-11/h2-4,9,12H,5-8H2,1H3,(H,15,17). The van der Waals surface area contributed by atoms with Gasteiger partial charge in [0.1, 0.15) is 9.84 Å². The Hall–Kier alpha value is -1.27. The minimum atomic E-state index is -2.92. The molecule has 7 heteroatoms. The number of sulfone groups is 1. The van der Waals surface area contributed by atoms with Crippen LogP contribution in [-0.2, 0) is 9.84 Å². The number of urea groups is 1. The van der Waals surface area contributed by atoms with Crippen molar-refractivity contribution in [1.29, 1.82) is 0 Å². The molecule has 20 heavy (non-hydrogen) atoms. The van der Waals surface area contributed by atoms with Crippen LogP contribution >= 0.6 is 11.6 Å². The second-order valence-electron chi connectivity index (χ2n) is 4.93. The molecule has 1 aliphatic rings. The first kappa shape index (κ1) is 15.1. The maximum atomic E-state index is 12.1. The molecule has 110 valence electrons. The summed E-state index contributed by atoms with van der Waals surface area (Å²) in [5.41, 5.74) is 0.623. The van der Waals surface area contributed by atoms with Crippen LogP contribution in [0.25, 0.3) is 0 Å². The van der Waals surface area contributed by atoms with Crippen LogP contribution in [0.3, 0.4) is 0 Å². The topological polar surface area (TPSA) is 66.5 Å². The number of amides is 2. The molecule has 1 heterocycles. The maximum absolute atomic E-state index is 12.1. The van der Waals surface area contributed by atoms with E-state index in [1.54, 1.807) is 36.2 Å². The van der Waals surface area contributed by atoms with Crippen LogP contribution in [-0.4, -0.2) is 43.9 Å². The third-order valence-electron chi connectivity index (χ3n) is 3.47. The maximum Gasteiger partial charge on any atom is 0.321 e. The minimum absolute atomic E-state index is 0.0438. The van der Waals surface area contributed by atoms with E-state index in [0.717, 1.165) is 0 Å². The fourth-order valence-electron chi connectivity index (χ4n) is 2.21. The molecule has 1 aromatic carbocycles. The Morgan fingerprint density at radius 3 is 2.60 bits per heavy atom. The lowest BCUT2D eigenvalue weighted by molar-refractivity contribution is 0.199. The molecule has 0 atom stereocenters. The molecule has 0 spiro atoms. The number of nitrogens with one attached hydrogen (secondary N) is 1. The number of hydrogen-bond donors (Lipinski definition) is 1. The zero-order valence-corrected chi connectivity index (χ0v) is 12.7. The van der Waals surface area contributed by atoms with Gasteiger partial charge in [-0.1, -0.05) is 17.7 Å². The first-order valence-corrected chi connectivity index (χ1v) is 8.57. The molecule has 1 aliphatic heterocycles. The number of nitrogens with zero attached hydrogens (tertiary/aromatic N) is 1. The van der Waals surface area contributed by atoms with Gasteiger partial charge in [-0.2, -0.15) is 0 Å². The van der Waals surface area contributed by atoms with Gasteiger partial charge in [0.2, 0.25) is 0 Å². The van der Waals surface area contributed by atoms with Crippen molar-refractivity contribution >= 4 is 33.2 Å². The summed E-state index contributed by atoms with van der Waals surface area (Å²) in [5.74, 6) is 0.291. The number of carbonyl (C=O) groups excluding carboxylic acids is 1. The Morgan fingerprint density at radius 2 is 2.00 bits per heavy atom. The summed E-state index contributed by atoms with van der Waals surface area (Å²) in [6.07, 6.45) is 0.976. The average molecular weight is 317 g/mol. The molecule has 2 rings (SSSR count). The molecule has 0 bridgehead atoms. The lowest BCUT2D eigenvalue weighted by Gasteiger charge is -2.31. The second kappa shape index (κ2) is 6.01. The summed E-state index contributed by atoms with van der Waals surface area (Å²) in [7, 11) is -1.23. The summed E-state index contributed by atoms with van der Waals surface area (Å²) in [5, 5.41) is 3.30. The summed E-state index contributed by atoms with van der Waals surface area (Å²) in [4.78, 5) is 13.7. The Bertz CT molecular complexity index is 589. The van der Waals surface area contributed by atoms with E-state index in [4.69, 9.17) is 11.6 Å². The van der Waals surface area contributed by atoms with Gasteiger partial charge in [0.05, 0.1) is 11.5 Å². The molecule has 1 N–H and O–H groups in total. The van der Waals surface area contributed by atoms with Gasteiger partial charge in [-0.25, -0.2) is 13.2 Å². The third kappa shape index (κ3) is 3.86. The number of benzene rings is 1. The number of hydrogen-bond acceptors (Lipinski definition) is 3. The molecular weight excluding hydrogens is 300 g/mol. The molecule has 1 aromatic rings. The van der Waals surface area contributed by atoms with Crippen LogP contribution in [0.15, 0.2) is 24.3 Å². The Morgan fingerprint density at radius 1 is 1.35 bits per heavy atom. The quantitative estimate of drug-likeness (QED) is 0.911. The Balaban J connectivity index is 1.96. The van der Waals surface area contributed by atoms with E-state index in [1.165, 1.54) is 0 Å². The van der Waals surface area contributed by atoms with Crippen molar-refractivity contribution in [3.8, 4) is 0 Å². The molecule has 0 aromatic heterocycles. The third-order valence-corrected chi connectivity index (χ3v) is 5.42. The number of carbonyl (C=O) groups is 1. The van der Waals surface area contributed by atoms with Crippen LogP contribution < -0.4 is 5.32 Å². The monoisotopic (exact) mass is 316 g/mol. The van der Waals surface area contributed by atoms with E-state index in [-0.39, 0.29) is 23.6 Å². The van der Waals surface area contributed by atoms with Crippen molar-refractivity contribution in [2.75, 3.05) is 23.9 Å². The summed E-state index contributed by atoms with van der Waals surface area (Å²) < 4.78 is 22.8. The predicted octanol–water partition coefficient (Wildman–Crippen LogP) is 2.38. The molecule has 0 unspecified atom stereocenters. The fourth-order valence-corrected chi connectivity index (χ4v) is 3.87. The lowest BCUT2D eigenvalue weighted by Crippen LogP contribution is -2.44. The highest BCUT2D eigenvalue weighted by Gasteiger charge is 2.28. The van der Waals surface area contributed by atoms with Crippen LogP contribution in [0.4, 0.5) is 10.5 Å². The highest BCUT2D eigenvalue weighted by atomic mass is 35.5. The van der Waals surface area contributed by atoms with E-state index in [9.17, 15) is 13.2 Å². The SMILES string of the molecule is CN(C(=O)Nc1cccc(Cl)c1)C1CCS(=O)(=O)CC1. The van der Waals surface area contributed by atoms with E-state index in [1.807, 2.05) is 0 Å². The van der Waals surface area contributed by atoms with Crippen LogP contribution in [0.2, 0.25) is 5.02 Å². The van der Waals surface area contributed by atoms with E-state index >= 15 is 0 Å². The zero-order chi connectivity index (χ0) is 14.8. The molecule has 1 fully saturated rings. The number of halogens is 1. The molecular formula is C13H17ClN2O3S. The van der Waals surface area contributed by atoms with E-state index in [0.29, 0.717) is 23.6 Å². The van der Waals surface area contributed by atoms with Gasteiger partial charge >= 0.3 is 6.03 Å². The molecule has 5 nitrogen and oxygen atoms in total. The second-order valence-corrected chi connectivity index (χ2v) is 7.67. The van der Waals surface area contributed by atoms with Gasteiger partial charge in [-0.15, -0.1) is 0 Å². The van der Waals surface area contributed by atoms with Crippen molar-refractivity contribution in [3.63, 3.8) is 0 Å². The molecule has 2 amide bonds. The van der Waals surface area contributed by atoms with Gasteiger partial charge in [-0.05, 0) is 31.0 Å². The largest absolute Gasteiger partial charge is 0.325 e. The molecule has 0 aliphatic carbocycles. The van der Waals surface area contributed by atoms with Crippen LogP contribution in [0.1, 0.15) is 12.8 Å². The van der Waals surface area contributed by atoms with Crippen molar-refractivity contribution in [2.24, 2.45) is 0 Å². The van der Waals surface area contributed by atoms with Crippen molar-refractivity contribution in [3.05, 3.63) is 29.3 Å².